The Balaban J connectivity index is 2.13. The summed E-state index contributed by atoms with van der Waals surface area (Å²) in [6, 6.07) is 12.8. The van der Waals surface area contributed by atoms with E-state index in [1.807, 2.05) is 45.2 Å². The number of benzene rings is 2. The number of furan rings is 1. The number of fused-ring (bicyclic) bond motifs is 1. The van der Waals surface area contributed by atoms with E-state index in [-0.39, 0.29) is 11.9 Å². The Bertz CT molecular complexity index is 791. The van der Waals surface area contributed by atoms with Crippen LogP contribution >= 0.6 is 0 Å². The van der Waals surface area contributed by atoms with Crippen LogP contribution in [0.1, 0.15) is 28.5 Å². The van der Waals surface area contributed by atoms with Crippen molar-refractivity contribution in [3.8, 4) is 0 Å². The van der Waals surface area contributed by atoms with Gasteiger partial charge < -0.3 is 9.73 Å². The van der Waals surface area contributed by atoms with Crippen LogP contribution in [0.2, 0.25) is 0 Å². The minimum Gasteiger partial charge on any atom is -0.459 e. The molecule has 1 unspecified atom stereocenters. The van der Waals surface area contributed by atoms with Gasteiger partial charge in [-0.05, 0) is 55.8 Å². The lowest BCUT2D eigenvalue weighted by Crippen LogP contribution is -2.18. The first-order valence-corrected chi connectivity index (χ1v) is 7.02. The largest absolute Gasteiger partial charge is 0.459 e. The van der Waals surface area contributed by atoms with Crippen molar-refractivity contribution in [1.82, 2.24) is 5.32 Å². The highest BCUT2D eigenvalue weighted by Crippen LogP contribution is 2.31. The van der Waals surface area contributed by atoms with E-state index in [0.29, 0.717) is 0 Å². The van der Waals surface area contributed by atoms with E-state index in [1.165, 1.54) is 6.07 Å². The van der Waals surface area contributed by atoms with Crippen molar-refractivity contribution in [1.29, 1.82) is 0 Å². The molecule has 3 rings (SSSR count). The first-order valence-electron chi connectivity index (χ1n) is 7.02. The molecule has 2 aromatic carbocycles. The van der Waals surface area contributed by atoms with Crippen molar-refractivity contribution in [3.05, 3.63) is 70.7 Å². The van der Waals surface area contributed by atoms with Crippen LogP contribution in [0.15, 0.2) is 46.9 Å². The maximum atomic E-state index is 13.6. The minimum atomic E-state index is -0.233. The molecule has 0 amide bonds. The highest BCUT2D eigenvalue weighted by molar-refractivity contribution is 5.81. The summed E-state index contributed by atoms with van der Waals surface area (Å²) in [6.07, 6.45) is 0. The van der Waals surface area contributed by atoms with Crippen LogP contribution in [-0.4, -0.2) is 7.05 Å². The average Bonchev–Trinajstić information content (AvgIpc) is 2.89. The lowest BCUT2D eigenvalue weighted by atomic mass is 9.99. The van der Waals surface area contributed by atoms with Crippen LogP contribution in [0.4, 0.5) is 4.39 Å². The molecule has 1 N–H and O–H groups in total. The van der Waals surface area contributed by atoms with Crippen molar-refractivity contribution in [3.63, 3.8) is 0 Å². The van der Waals surface area contributed by atoms with E-state index in [2.05, 4.69) is 5.32 Å². The van der Waals surface area contributed by atoms with Crippen LogP contribution in [0.3, 0.4) is 0 Å². The lowest BCUT2D eigenvalue weighted by Gasteiger charge is -2.16. The van der Waals surface area contributed by atoms with Gasteiger partial charge in [0.25, 0.3) is 0 Å². The number of nitrogens with one attached hydrogen (secondary N) is 1. The molecule has 0 aliphatic rings. The van der Waals surface area contributed by atoms with Crippen LogP contribution in [0.25, 0.3) is 11.0 Å². The van der Waals surface area contributed by atoms with Gasteiger partial charge in [0, 0.05) is 5.39 Å². The van der Waals surface area contributed by atoms with Gasteiger partial charge in [-0.15, -0.1) is 0 Å². The van der Waals surface area contributed by atoms with E-state index < -0.39 is 0 Å². The van der Waals surface area contributed by atoms with E-state index in [0.717, 1.165) is 33.4 Å². The molecule has 2 nitrogen and oxygen atoms in total. The van der Waals surface area contributed by atoms with E-state index in [1.54, 1.807) is 12.1 Å². The summed E-state index contributed by atoms with van der Waals surface area (Å²) >= 11 is 0. The van der Waals surface area contributed by atoms with Crippen molar-refractivity contribution in [2.24, 2.45) is 0 Å². The summed E-state index contributed by atoms with van der Waals surface area (Å²) in [5.41, 5.74) is 3.92. The van der Waals surface area contributed by atoms with Gasteiger partial charge in [0.05, 0.1) is 6.04 Å². The molecule has 0 aliphatic carbocycles. The quantitative estimate of drug-likeness (QED) is 0.765. The van der Waals surface area contributed by atoms with Crippen LogP contribution in [0, 0.1) is 19.7 Å². The Morgan fingerprint density at radius 3 is 2.57 bits per heavy atom. The lowest BCUT2D eigenvalue weighted by molar-refractivity contribution is 0.487. The number of halogens is 1. The molecular formula is C18H18FNO. The number of rotatable bonds is 3. The average molecular weight is 283 g/mol. The highest BCUT2D eigenvalue weighted by atomic mass is 19.1. The minimum absolute atomic E-state index is 0.160. The van der Waals surface area contributed by atoms with Gasteiger partial charge in [-0.1, -0.05) is 24.3 Å². The van der Waals surface area contributed by atoms with Gasteiger partial charge in [-0.3, -0.25) is 0 Å². The van der Waals surface area contributed by atoms with Crippen LogP contribution < -0.4 is 5.32 Å². The first-order chi connectivity index (χ1) is 10.1. The predicted molar refractivity (Wildman–Crippen MR) is 83.0 cm³/mol. The molecule has 1 heterocycles. The van der Waals surface area contributed by atoms with Gasteiger partial charge >= 0.3 is 0 Å². The van der Waals surface area contributed by atoms with Crippen molar-refractivity contribution in [2.45, 2.75) is 19.9 Å². The third kappa shape index (κ3) is 2.45. The Hall–Kier alpha value is -2.13. The topological polar surface area (TPSA) is 25.2 Å². The van der Waals surface area contributed by atoms with Crippen molar-refractivity contribution >= 4 is 11.0 Å². The molecule has 1 aromatic heterocycles. The maximum Gasteiger partial charge on any atom is 0.137 e. The molecule has 0 radical (unpaired) electrons. The molecule has 0 bridgehead atoms. The molecule has 3 heteroatoms. The second-order valence-corrected chi connectivity index (χ2v) is 5.36. The number of aryl methyl sites for hydroxylation is 2. The van der Waals surface area contributed by atoms with Crippen molar-refractivity contribution < 1.29 is 8.81 Å². The van der Waals surface area contributed by atoms with E-state index >= 15 is 0 Å². The van der Waals surface area contributed by atoms with Crippen molar-refractivity contribution in [2.75, 3.05) is 7.05 Å². The third-order valence-corrected chi connectivity index (χ3v) is 3.89. The standard InChI is InChI=1S/C18H18FNO/c1-11-7-8-14(19)10-15(11)17(20-3)16-9-13-6-4-5-12(2)18(13)21-16/h4-10,17,20H,1-3H3. The number of hydrogen-bond donors (Lipinski definition) is 1. The summed E-state index contributed by atoms with van der Waals surface area (Å²) in [5, 5.41) is 4.29. The molecule has 0 spiro atoms. The predicted octanol–water partition coefficient (Wildman–Crippen LogP) is 4.50. The zero-order valence-corrected chi connectivity index (χ0v) is 12.4. The first kappa shape index (κ1) is 13.8. The van der Waals surface area contributed by atoms with E-state index in [9.17, 15) is 4.39 Å². The van der Waals surface area contributed by atoms with E-state index in [4.69, 9.17) is 4.42 Å². The monoisotopic (exact) mass is 283 g/mol. The Morgan fingerprint density at radius 2 is 1.86 bits per heavy atom. The fraction of sp³-hybridized carbons (Fsp3) is 0.222. The molecule has 3 aromatic rings. The van der Waals surface area contributed by atoms with Crippen LogP contribution in [0.5, 0.6) is 0 Å². The summed E-state index contributed by atoms with van der Waals surface area (Å²) in [6.45, 7) is 4.00. The summed E-state index contributed by atoms with van der Waals surface area (Å²) in [4.78, 5) is 0. The number of para-hydroxylation sites is 1. The Morgan fingerprint density at radius 1 is 1.05 bits per heavy atom. The van der Waals surface area contributed by atoms with Gasteiger partial charge in [-0.2, -0.15) is 0 Å². The second kappa shape index (κ2) is 5.34. The zero-order chi connectivity index (χ0) is 15.0. The maximum absolute atomic E-state index is 13.6. The molecule has 1 atom stereocenters. The Labute approximate surface area is 123 Å². The SMILES string of the molecule is CNC(c1cc2cccc(C)c2o1)c1cc(F)ccc1C. The smallest absolute Gasteiger partial charge is 0.137 e. The Kier molecular flexibility index (Phi) is 3.52. The van der Waals surface area contributed by atoms with Gasteiger partial charge in [0.1, 0.15) is 17.2 Å². The number of hydrogen-bond acceptors (Lipinski definition) is 2. The highest BCUT2D eigenvalue weighted by Gasteiger charge is 2.19. The molecule has 0 saturated carbocycles. The molecule has 0 aliphatic heterocycles. The summed E-state index contributed by atoms with van der Waals surface area (Å²) in [5.74, 6) is 0.568. The summed E-state index contributed by atoms with van der Waals surface area (Å²) in [7, 11) is 1.86. The van der Waals surface area contributed by atoms with Crippen LogP contribution in [-0.2, 0) is 0 Å². The molecular weight excluding hydrogens is 265 g/mol. The molecule has 0 fully saturated rings. The van der Waals surface area contributed by atoms with Gasteiger partial charge in [0.15, 0.2) is 0 Å². The zero-order valence-electron chi connectivity index (χ0n) is 12.4. The fourth-order valence-corrected chi connectivity index (χ4v) is 2.74. The summed E-state index contributed by atoms with van der Waals surface area (Å²) < 4.78 is 19.6. The molecule has 108 valence electrons. The molecule has 0 saturated heterocycles. The second-order valence-electron chi connectivity index (χ2n) is 5.36. The third-order valence-electron chi connectivity index (χ3n) is 3.89. The van der Waals surface area contributed by atoms with Gasteiger partial charge in [0.2, 0.25) is 0 Å². The molecule has 21 heavy (non-hydrogen) atoms. The normalized spacial score (nSPS) is 12.8. The van der Waals surface area contributed by atoms with Gasteiger partial charge in [-0.25, -0.2) is 4.39 Å². The fourth-order valence-electron chi connectivity index (χ4n) is 2.74.